The second-order valence-corrected chi connectivity index (χ2v) is 8.82. The molecular weight excluding hydrogens is 370 g/mol. The Morgan fingerprint density at radius 1 is 1.28 bits per heavy atom. The fourth-order valence-corrected chi connectivity index (χ4v) is 3.61. The summed E-state index contributed by atoms with van der Waals surface area (Å²) in [4.78, 5) is 32.9. The summed E-state index contributed by atoms with van der Waals surface area (Å²) in [5.41, 5.74) is 0. The zero-order valence-electron chi connectivity index (χ0n) is 18.6. The van der Waals surface area contributed by atoms with Gasteiger partial charge >= 0.3 is 6.03 Å². The number of piperidine rings is 1. The Bertz CT molecular complexity index is 658. The second-order valence-electron chi connectivity index (χ2n) is 8.82. The molecule has 1 saturated heterocycles. The fraction of sp³-hybridized carbons (Fsp3) is 0.810. The molecule has 1 aromatic heterocycles. The van der Waals surface area contributed by atoms with E-state index in [4.69, 9.17) is 4.52 Å². The van der Waals surface area contributed by atoms with Crippen LogP contribution in [0.15, 0.2) is 4.52 Å². The lowest BCUT2D eigenvalue weighted by Gasteiger charge is -2.39. The molecule has 2 rings (SSSR count). The topological polar surface area (TPSA) is 91.6 Å². The third kappa shape index (κ3) is 7.66. The van der Waals surface area contributed by atoms with E-state index in [9.17, 15) is 9.59 Å². The van der Waals surface area contributed by atoms with Gasteiger partial charge in [0.25, 0.3) is 0 Å². The van der Waals surface area contributed by atoms with Gasteiger partial charge in [-0.25, -0.2) is 4.79 Å². The van der Waals surface area contributed by atoms with E-state index in [1.807, 2.05) is 9.80 Å². The lowest BCUT2D eigenvalue weighted by molar-refractivity contribution is -0.132. The van der Waals surface area contributed by atoms with E-state index < -0.39 is 0 Å². The predicted octanol–water partition coefficient (Wildman–Crippen LogP) is 2.88. The number of aromatic nitrogens is 2. The van der Waals surface area contributed by atoms with Crippen LogP contribution in [0.2, 0.25) is 0 Å². The van der Waals surface area contributed by atoms with Crippen molar-refractivity contribution in [2.75, 3.05) is 26.2 Å². The van der Waals surface area contributed by atoms with E-state index in [1.54, 1.807) is 6.92 Å². The van der Waals surface area contributed by atoms with Crippen LogP contribution in [0, 0.1) is 11.8 Å². The Morgan fingerprint density at radius 2 is 2.03 bits per heavy atom. The third-order valence-electron chi connectivity index (χ3n) is 5.20. The first-order chi connectivity index (χ1) is 13.8. The summed E-state index contributed by atoms with van der Waals surface area (Å²) in [5.74, 6) is 2.31. The SMILES string of the molecule is CC(=O)N(CCc1noc(CC(C)C)n1)C1CCCN(C(=O)NCCC(C)C)C1. The molecule has 2 heterocycles. The zero-order valence-corrected chi connectivity index (χ0v) is 18.6. The van der Waals surface area contributed by atoms with Gasteiger partial charge in [-0.1, -0.05) is 32.9 Å². The molecule has 1 fully saturated rings. The predicted molar refractivity (Wildman–Crippen MR) is 111 cm³/mol. The summed E-state index contributed by atoms with van der Waals surface area (Å²) >= 11 is 0. The number of likely N-dealkylation sites (tertiary alicyclic amines) is 1. The van der Waals surface area contributed by atoms with Crippen molar-refractivity contribution < 1.29 is 14.1 Å². The Labute approximate surface area is 174 Å². The standard InChI is InChI=1S/C21H37N5O3/c1-15(2)8-10-22-21(28)25-11-6-7-18(14-25)26(17(5)27)12-9-19-23-20(29-24-19)13-16(3)4/h15-16,18H,6-14H2,1-5H3,(H,22,28). The minimum absolute atomic E-state index is 0.0166. The number of nitrogens with one attached hydrogen (secondary N) is 1. The van der Waals surface area contributed by atoms with Crippen molar-refractivity contribution in [3.05, 3.63) is 11.7 Å². The maximum atomic E-state index is 12.5. The van der Waals surface area contributed by atoms with E-state index in [0.29, 0.717) is 49.6 Å². The van der Waals surface area contributed by atoms with Gasteiger partial charge in [0.15, 0.2) is 5.82 Å². The molecule has 1 N–H and O–H groups in total. The first-order valence-corrected chi connectivity index (χ1v) is 10.9. The third-order valence-corrected chi connectivity index (χ3v) is 5.20. The minimum Gasteiger partial charge on any atom is -0.339 e. The van der Waals surface area contributed by atoms with Crippen LogP contribution < -0.4 is 5.32 Å². The number of rotatable bonds is 9. The molecule has 1 atom stereocenters. The number of nitrogens with zero attached hydrogens (tertiary/aromatic N) is 4. The van der Waals surface area contributed by atoms with Gasteiger partial charge in [-0.3, -0.25) is 4.79 Å². The van der Waals surface area contributed by atoms with Crippen molar-refractivity contribution in [2.24, 2.45) is 11.8 Å². The van der Waals surface area contributed by atoms with Crippen LogP contribution in [0.4, 0.5) is 4.79 Å². The Morgan fingerprint density at radius 3 is 2.69 bits per heavy atom. The molecule has 1 aliphatic rings. The number of urea groups is 1. The summed E-state index contributed by atoms with van der Waals surface area (Å²) < 4.78 is 5.29. The maximum Gasteiger partial charge on any atom is 0.317 e. The lowest BCUT2D eigenvalue weighted by atomic mass is 10.0. The minimum atomic E-state index is -0.0321. The molecule has 1 aromatic rings. The molecule has 8 nitrogen and oxygen atoms in total. The molecule has 29 heavy (non-hydrogen) atoms. The van der Waals surface area contributed by atoms with Crippen LogP contribution in [0.1, 0.15) is 65.6 Å². The molecule has 0 saturated carbocycles. The van der Waals surface area contributed by atoms with Gasteiger partial charge in [0, 0.05) is 52.0 Å². The highest BCUT2D eigenvalue weighted by Gasteiger charge is 2.29. The van der Waals surface area contributed by atoms with Crippen molar-refractivity contribution in [3.8, 4) is 0 Å². The molecule has 8 heteroatoms. The highest BCUT2D eigenvalue weighted by atomic mass is 16.5. The monoisotopic (exact) mass is 407 g/mol. The van der Waals surface area contributed by atoms with Crippen LogP contribution in [0.3, 0.4) is 0 Å². The molecular formula is C21H37N5O3. The molecule has 0 bridgehead atoms. The van der Waals surface area contributed by atoms with Crippen LogP contribution in [0.5, 0.6) is 0 Å². The van der Waals surface area contributed by atoms with Gasteiger partial charge in [-0.2, -0.15) is 4.98 Å². The molecule has 1 aliphatic heterocycles. The Hall–Kier alpha value is -2.12. The average Bonchev–Trinajstić information content (AvgIpc) is 3.08. The Kier molecular flexibility index (Phi) is 8.92. The maximum absolute atomic E-state index is 12.5. The van der Waals surface area contributed by atoms with E-state index in [1.165, 1.54) is 0 Å². The van der Waals surface area contributed by atoms with Crippen LogP contribution in [-0.2, 0) is 17.6 Å². The smallest absolute Gasteiger partial charge is 0.317 e. The zero-order chi connectivity index (χ0) is 21.4. The van der Waals surface area contributed by atoms with Crippen molar-refractivity contribution >= 4 is 11.9 Å². The van der Waals surface area contributed by atoms with Gasteiger partial charge in [0.05, 0.1) is 0 Å². The van der Waals surface area contributed by atoms with Gasteiger partial charge in [0.1, 0.15) is 0 Å². The molecule has 0 aliphatic carbocycles. The molecule has 3 amide bonds. The molecule has 164 valence electrons. The molecule has 0 radical (unpaired) electrons. The van der Waals surface area contributed by atoms with Gasteiger partial charge in [-0.05, 0) is 31.1 Å². The number of carbonyl (C=O) groups excluding carboxylic acids is 2. The van der Waals surface area contributed by atoms with E-state index in [-0.39, 0.29) is 18.0 Å². The van der Waals surface area contributed by atoms with Crippen molar-refractivity contribution in [2.45, 2.75) is 72.8 Å². The van der Waals surface area contributed by atoms with E-state index >= 15 is 0 Å². The number of amides is 3. The van der Waals surface area contributed by atoms with Gasteiger partial charge in [-0.15, -0.1) is 0 Å². The van der Waals surface area contributed by atoms with Gasteiger partial charge in [0.2, 0.25) is 11.8 Å². The van der Waals surface area contributed by atoms with Crippen LogP contribution in [-0.4, -0.2) is 64.1 Å². The molecule has 0 spiro atoms. The molecule has 1 unspecified atom stereocenters. The van der Waals surface area contributed by atoms with Crippen LogP contribution in [0.25, 0.3) is 0 Å². The normalized spacial score (nSPS) is 17.1. The first kappa shape index (κ1) is 23.2. The van der Waals surface area contributed by atoms with E-state index in [2.05, 4.69) is 43.2 Å². The highest BCUT2D eigenvalue weighted by Crippen LogP contribution is 2.17. The fourth-order valence-electron chi connectivity index (χ4n) is 3.61. The van der Waals surface area contributed by atoms with Crippen molar-refractivity contribution in [3.63, 3.8) is 0 Å². The van der Waals surface area contributed by atoms with Crippen molar-refractivity contribution in [1.82, 2.24) is 25.3 Å². The first-order valence-electron chi connectivity index (χ1n) is 10.9. The highest BCUT2D eigenvalue weighted by molar-refractivity contribution is 5.75. The summed E-state index contributed by atoms with van der Waals surface area (Å²) in [7, 11) is 0. The van der Waals surface area contributed by atoms with Crippen molar-refractivity contribution in [1.29, 1.82) is 0 Å². The lowest BCUT2D eigenvalue weighted by Crippen LogP contribution is -2.54. The quantitative estimate of drug-likeness (QED) is 0.680. The van der Waals surface area contributed by atoms with E-state index in [0.717, 1.165) is 32.2 Å². The number of carbonyl (C=O) groups is 2. The summed E-state index contributed by atoms with van der Waals surface area (Å²) in [5, 5.41) is 7.04. The molecule has 0 aromatic carbocycles. The number of hydrogen-bond acceptors (Lipinski definition) is 5. The average molecular weight is 408 g/mol. The summed E-state index contributed by atoms with van der Waals surface area (Å²) in [6, 6.07) is -0.00511. The largest absolute Gasteiger partial charge is 0.339 e. The van der Waals surface area contributed by atoms with Crippen LogP contribution >= 0.6 is 0 Å². The summed E-state index contributed by atoms with van der Waals surface area (Å²) in [6.45, 7) is 12.6. The second kappa shape index (κ2) is 11.2. The van der Waals surface area contributed by atoms with Gasteiger partial charge < -0.3 is 19.6 Å². The Balaban J connectivity index is 1.89. The summed E-state index contributed by atoms with van der Waals surface area (Å²) in [6.07, 6.45) is 4.07. The number of hydrogen-bond donors (Lipinski definition) is 1.